The van der Waals surface area contributed by atoms with Crippen LogP contribution < -0.4 is 4.74 Å². The third kappa shape index (κ3) is 9.23. The molecule has 1 unspecified atom stereocenters. The molecular formula is C32H45NO5. The molecule has 0 saturated heterocycles. The summed E-state index contributed by atoms with van der Waals surface area (Å²) in [5, 5.41) is 9.74. The summed E-state index contributed by atoms with van der Waals surface area (Å²) in [5.74, 6) is 1.99. The Labute approximate surface area is 228 Å². The zero-order valence-corrected chi connectivity index (χ0v) is 24.0. The number of hydrogen-bond donors (Lipinski definition) is 1. The van der Waals surface area contributed by atoms with E-state index in [1.165, 1.54) is 32.1 Å². The van der Waals surface area contributed by atoms with Gasteiger partial charge in [-0.1, -0.05) is 70.4 Å². The van der Waals surface area contributed by atoms with Gasteiger partial charge in [0.2, 0.25) is 5.60 Å². The molecule has 4 rings (SSSR count). The van der Waals surface area contributed by atoms with E-state index in [4.69, 9.17) is 13.9 Å². The van der Waals surface area contributed by atoms with Gasteiger partial charge in [0.15, 0.2) is 5.89 Å². The Balaban J connectivity index is 0.000000301. The molecule has 1 fully saturated rings. The third-order valence-corrected chi connectivity index (χ3v) is 6.67. The van der Waals surface area contributed by atoms with Gasteiger partial charge in [-0.25, -0.2) is 9.78 Å². The first kappa shape index (κ1) is 30.9. The molecule has 0 radical (unpaired) electrons. The van der Waals surface area contributed by atoms with Gasteiger partial charge >= 0.3 is 5.97 Å². The molecule has 6 nitrogen and oxygen atoms in total. The molecule has 2 aromatic rings. The molecule has 0 amide bonds. The molecule has 38 heavy (non-hydrogen) atoms. The largest absolute Gasteiger partial charge is 0.497 e. The molecule has 2 aliphatic rings. The van der Waals surface area contributed by atoms with E-state index in [-0.39, 0.29) is 6.42 Å². The van der Waals surface area contributed by atoms with Gasteiger partial charge in [-0.05, 0) is 68.9 Å². The number of carbonyl (C=O) groups is 1. The standard InChI is InChI=1S/C20H24O4.C10H15NO.C2H6/c1-4-16-9-5-6-11-18(16)24-20(2,19(21)22)14-15-8-7-10-17(23-3)13-12-15;1-8-7-12-10(11-8)9-5-3-2-4-6-9;1-2/h5-6,8-13H,4,7,14H2,1-3H3,(H,21,22);7,9H,2-6H2,1H3;1-2H3. The maximum absolute atomic E-state index is 11.9. The number of benzene rings is 1. The highest BCUT2D eigenvalue weighted by atomic mass is 16.5. The van der Waals surface area contributed by atoms with Crippen molar-refractivity contribution in [2.24, 2.45) is 0 Å². The summed E-state index contributed by atoms with van der Waals surface area (Å²) in [6.07, 6.45) is 17.8. The minimum Gasteiger partial charge on any atom is -0.497 e. The molecule has 1 aromatic carbocycles. The van der Waals surface area contributed by atoms with Gasteiger partial charge in [0.25, 0.3) is 0 Å². The summed E-state index contributed by atoms with van der Waals surface area (Å²) in [6, 6.07) is 7.56. The zero-order chi connectivity index (χ0) is 28.0. The number of allylic oxidation sites excluding steroid dienone is 4. The number of nitrogens with zero attached hydrogens (tertiary/aromatic N) is 1. The van der Waals surface area contributed by atoms with Crippen LogP contribution in [0.2, 0.25) is 0 Å². The van der Waals surface area contributed by atoms with Crippen molar-refractivity contribution in [1.29, 1.82) is 0 Å². The highest BCUT2D eigenvalue weighted by Gasteiger charge is 2.36. The van der Waals surface area contributed by atoms with Crippen LogP contribution in [0.25, 0.3) is 0 Å². The van der Waals surface area contributed by atoms with Crippen molar-refractivity contribution in [3.63, 3.8) is 0 Å². The molecule has 1 saturated carbocycles. The van der Waals surface area contributed by atoms with Crippen molar-refractivity contribution in [3.05, 3.63) is 83.3 Å². The quantitative estimate of drug-likeness (QED) is 0.374. The van der Waals surface area contributed by atoms with E-state index < -0.39 is 11.6 Å². The van der Waals surface area contributed by atoms with E-state index in [2.05, 4.69) is 4.98 Å². The van der Waals surface area contributed by atoms with Gasteiger partial charge in [-0.2, -0.15) is 0 Å². The maximum Gasteiger partial charge on any atom is 0.348 e. The summed E-state index contributed by atoms with van der Waals surface area (Å²) in [6.45, 7) is 9.62. The van der Waals surface area contributed by atoms with Crippen molar-refractivity contribution in [2.75, 3.05) is 7.11 Å². The molecule has 0 bridgehead atoms. The minimum atomic E-state index is -1.33. The number of aliphatic carboxylic acids is 1. The average Bonchev–Trinajstić information content (AvgIpc) is 3.26. The summed E-state index contributed by atoms with van der Waals surface area (Å²) >= 11 is 0. The average molecular weight is 524 g/mol. The third-order valence-electron chi connectivity index (χ3n) is 6.67. The Morgan fingerprint density at radius 1 is 1.13 bits per heavy atom. The van der Waals surface area contributed by atoms with Crippen LogP contribution >= 0.6 is 0 Å². The molecule has 1 atom stereocenters. The van der Waals surface area contributed by atoms with E-state index >= 15 is 0 Å². The predicted molar refractivity (Wildman–Crippen MR) is 152 cm³/mol. The van der Waals surface area contributed by atoms with Crippen molar-refractivity contribution >= 4 is 5.97 Å². The van der Waals surface area contributed by atoms with E-state index in [0.717, 1.165) is 34.9 Å². The molecule has 0 aliphatic heterocycles. The van der Waals surface area contributed by atoms with Crippen LogP contribution in [0.4, 0.5) is 0 Å². The number of para-hydroxylation sites is 1. The van der Waals surface area contributed by atoms with Crippen LogP contribution in [0.1, 0.15) is 95.7 Å². The Morgan fingerprint density at radius 2 is 1.84 bits per heavy atom. The maximum atomic E-state index is 11.9. The van der Waals surface area contributed by atoms with Crippen molar-refractivity contribution in [2.45, 2.75) is 97.5 Å². The zero-order valence-electron chi connectivity index (χ0n) is 24.0. The lowest BCUT2D eigenvalue weighted by molar-refractivity contribution is -0.153. The summed E-state index contributed by atoms with van der Waals surface area (Å²) in [7, 11) is 1.62. The lowest BCUT2D eigenvalue weighted by Crippen LogP contribution is -2.42. The van der Waals surface area contributed by atoms with E-state index in [0.29, 0.717) is 18.1 Å². The van der Waals surface area contributed by atoms with Crippen LogP contribution in [0, 0.1) is 6.92 Å². The molecule has 6 heteroatoms. The molecular weight excluding hydrogens is 478 g/mol. The second-order valence-electron chi connectivity index (χ2n) is 9.60. The van der Waals surface area contributed by atoms with Gasteiger partial charge in [-0.15, -0.1) is 0 Å². The van der Waals surface area contributed by atoms with Crippen LogP contribution in [0.15, 0.2) is 70.6 Å². The number of hydrogen-bond acceptors (Lipinski definition) is 5. The Hall–Kier alpha value is -3.28. The topological polar surface area (TPSA) is 81.8 Å². The summed E-state index contributed by atoms with van der Waals surface area (Å²) in [5.41, 5.74) is 1.59. The Morgan fingerprint density at radius 3 is 2.45 bits per heavy atom. The number of aromatic nitrogens is 1. The second-order valence-corrected chi connectivity index (χ2v) is 9.60. The molecule has 1 aromatic heterocycles. The Kier molecular flexibility index (Phi) is 12.9. The number of rotatable bonds is 8. The molecule has 1 heterocycles. The molecule has 1 N–H and O–H groups in total. The SMILES string of the molecule is CC.CCc1ccccc1OC(C)(CC1=CCC=C(OC)C=C1)C(=O)O.Cc1coc(C2CCCCC2)n1. The predicted octanol–water partition coefficient (Wildman–Crippen LogP) is 8.33. The lowest BCUT2D eigenvalue weighted by atomic mass is 9.89. The van der Waals surface area contributed by atoms with Gasteiger partial charge in [-0.3, -0.25) is 0 Å². The first-order valence-corrected chi connectivity index (χ1v) is 13.9. The molecule has 2 aliphatic carbocycles. The van der Waals surface area contributed by atoms with E-state index in [1.807, 2.05) is 76.3 Å². The Bertz CT molecular complexity index is 1090. The number of aryl methyl sites for hydroxylation is 2. The summed E-state index contributed by atoms with van der Waals surface area (Å²) < 4.78 is 16.6. The van der Waals surface area contributed by atoms with Gasteiger partial charge < -0.3 is 19.0 Å². The fraction of sp³-hybridized carbons (Fsp3) is 0.500. The number of carboxylic acids is 1. The van der Waals surface area contributed by atoms with Crippen molar-refractivity contribution < 1.29 is 23.8 Å². The highest BCUT2D eigenvalue weighted by Crippen LogP contribution is 2.32. The highest BCUT2D eigenvalue weighted by molar-refractivity contribution is 5.78. The number of ether oxygens (including phenoxy) is 2. The van der Waals surface area contributed by atoms with Crippen LogP contribution in [-0.2, 0) is 16.0 Å². The second kappa shape index (κ2) is 15.9. The van der Waals surface area contributed by atoms with Crippen LogP contribution in [-0.4, -0.2) is 28.8 Å². The molecule has 0 spiro atoms. The van der Waals surface area contributed by atoms with Crippen LogP contribution in [0.3, 0.4) is 0 Å². The number of oxazole rings is 1. The summed E-state index contributed by atoms with van der Waals surface area (Å²) in [4.78, 5) is 16.3. The fourth-order valence-corrected chi connectivity index (χ4v) is 4.53. The van der Waals surface area contributed by atoms with Crippen molar-refractivity contribution in [3.8, 4) is 5.75 Å². The van der Waals surface area contributed by atoms with Crippen LogP contribution in [0.5, 0.6) is 5.75 Å². The number of methoxy groups -OCH3 is 1. The first-order valence-electron chi connectivity index (χ1n) is 13.9. The minimum absolute atomic E-state index is 0.279. The van der Waals surface area contributed by atoms with Crippen molar-refractivity contribution in [1.82, 2.24) is 4.98 Å². The van der Waals surface area contributed by atoms with E-state index in [9.17, 15) is 9.90 Å². The number of carboxylic acid groups (broad SMARTS) is 1. The fourth-order valence-electron chi connectivity index (χ4n) is 4.53. The smallest absolute Gasteiger partial charge is 0.348 e. The lowest BCUT2D eigenvalue weighted by Gasteiger charge is -2.28. The first-order chi connectivity index (χ1) is 18.3. The normalized spacial score (nSPS) is 16.8. The van der Waals surface area contributed by atoms with Gasteiger partial charge in [0, 0.05) is 12.3 Å². The van der Waals surface area contributed by atoms with Gasteiger partial charge in [0.05, 0.1) is 12.8 Å². The molecule has 208 valence electrons. The monoisotopic (exact) mass is 523 g/mol. The van der Waals surface area contributed by atoms with E-state index in [1.54, 1.807) is 20.3 Å². The van der Waals surface area contributed by atoms with Gasteiger partial charge in [0.1, 0.15) is 17.8 Å².